The van der Waals surface area contributed by atoms with Gasteiger partial charge in [-0.05, 0) is 50.2 Å². The number of nitrogens with one attached hydrogen (secondary N) is 1. The van der Waals surface area contributed by atoms with Crippen LogP contribution in [0.3, 0.4) is 0 Å². The number of anilines is 2. The van der Waals surface area contributed by atoms with E-state index in [4.69, 9.17) is 22.1 Å². The van der Waals surface area contributed by atoms with Crippen LogP contribution in [0.4, 0.5) is 11.6 Å². The Bertz CT molecular complexity index is 1210. The van der Waals surface area contributed by atoms with Crippen LogP contribution in [0.2, 0.25) is 5.02 Å². The van der Waals surface area contributed by atoms with Crippen molar-refractivity contribution < 1.29 is 17.9 Å². The number of amides is 1. The summed E-state index contributed by atoms with van der Waals surface area (Å²) in [5.41, 5.74) is 7.52. The molecule has 2 aromatic rings. The monoisotopic (exact) mass is 565 g/mol. The summed E-state index contributed by atoms with van der Waals surface area (Å²) in [6.07, 6.45) is 1.61. The zero-order chi connectivity index (χ0) is 28.2. The minimum Gasteiger partial charge on any atom is -0.383 e. The fraction of sp³-hybridized carbons (Fsp3) is 0.556. The number of pyridine rings is 1. The molecule has 9 nitrogen and oxygen atoms in total. The van der Waals surface area contributed by atoms with E-state index in [0.717, 1.165) is 22.8 Å². The van der Waals surface area contributed by atoms with Crippen molar-refractivity contribution in [3.05, 3.63) is 52.5 Å². The SMILES string of the molecule is COC[C@H](N)[C@H](Cc1ccccc1)NC(=O)c1cc(N(C)C[C@H]2CC2C)nc(N(C)S(=O)(=O)C(C)C)c1Cl. The van der Waals surface area contributed by atoms with Crippen LogP contribution in [-0.4, -0.2) is 71.0 Å². The molecule has 0 spiro atoms. The standard InChI is InChI=1S/C27H40ClN5O4S/c1-17(2)38(35,36)33(5)26-25(28)21(14-24(31-26)32(4)15-20-12-18(20)3)27(34)30-23(22(29)16-37-6)13-19-10-8-7-9-11-19/h7-11,14,17-18,20,22-23H,12-13,15-16,29H2,1-6H3,(H,30,34)/t18?,20-,22+,23+/m1/s1. The average molecular weight is 566 g/mol. The lowest BCUT2D eigenvalue weighted by molar-refractivity contribution is 0.0913. The van der Waals surface area contributed by atoms with Gasteiger partial charge in [-0.15, -0.1) is 0 Å². The number of benzene rings is 1. The molecular formula is C27H40ClN5O4S. The third-order valence-electron chi connectivity index (χ3n) is 7.11. The molecule has 3 rings (SSSR count). The summed E-state index contributed by atoms with van der Waals surface area (Å²) in [6, 6.07) is 10.4. The van der Waals surface area contributed by atoms with Gasteiger partial charge in [0, 0.05) is 33.8 Å². The van der Waals surface area contributed by atoms with Crippen molar-refractivity contribution in [3.63, 3.8) is 0 Å². The lowest BCUT2D eigenvalue weighted by Gasteiger charge is -2.27. The molecule has 0 radical (unpaired) electrons. The number of hydrogen-bond acceptors (Lipinski definition) is 7. The molecular weight excluding hydrogens is 526 g/mol. The Balaban J connectivity index is 2.00. The number of aromatic nitrogens is 1. The van der Waals surface area contributed by atoms with E-state index in [1.807, 2.05) is 42.3 Å². The first kappa shape index (κ1) is 30.1. The zero-order valence-electron chi connectivity index (χ0n) is 23.0. The van der Waals surface area contributed by atoms with Crippen LogP contribution >= 0.6 is 11.6 Å². The summed E-state index contributed by atoms with van der Waals surface area (Å²) in [4.78, 5) is 20.2. The van der Waals surface area contributed by atoms with E-state index >= 15 is 0 Å². The van der Waals surface area contributed by atoms with Crippen LogP contribution in [0, 0.1) is 11.8 Å². The molecule has 1 saturated carbocycles. The van der Waals surface area contributed by atoms with Gasteiger partial charge in [0.05, 0.1) is 28.5 Å². The van der Waals surface area contributed by atoms with Crippen molar-refractivity contribution in [1.82, 2.24) is 10.3 Å². The fourth-order valence-corrected chi connectivity index (χ4v) is 5.71. The summed E-state index contributed by atoms with van der Waals surface area (Å²) in [5, 5.41) is 2.29. The van der Waals surface area contributed by atoms with E-state index in [2.05, 4.69) is 17.2 Å². The smallest absolute Gasteiger partial charge is 0.253 e. The van der Waals surface area contributed by atoms with Crippen molar-refractivity contribution in [2.24, 2.45) is 17.6 Å². The molecule has 0 aliphatic heterocycles. The number of sulfonamides is 1. The van der Waals surface area contributed by atoms with Crippen LogP contribution in [0.25, 0.3) is 0 Å². The molecule has 1 unspecified atom stereocenters. The molecule has 1 aromatic heterocycles. The van der Waals surface area contributed by atoms with Crippen LogP contribution in [-0.2, 0) is 21.2 Å². The molecule has 3 N–H and O–H groups in total. The Morgan fingerprint density at radius 3 is 2.45 bits per heavy atom. The summed E-state index contributed by atoms with van der Waals surface area (Å²) in [5.74, 6) is 1.17. The first-order chi connectivity index (χ1) is 17.9. The van der Waals surface area contributed by atoms with E-state index in [9.17, 15) is 13.2 Å². The normalized spacial score (nSPS) is 18.7. The summed E-state index contributed by atoms with van der Waals surface area (Å²) < 4.78 is 32.3. The second-order valence-corrected chi connectivity index (χ2v) is 13.4. The first-order valence-corrected chi connectivity index (χ1v) is 14.7. The Morgan fingerprint density at radius 2 is 1.89 bits per heavy atom. The van der Waals surface area contributed by atoms with Gasteiger partial charge in [0.1, 0.15) is 5.82 Å². The molecule has 38 heavy (non-hydrogen) atoms. The maximum absolute atomic E-state index is 13.7. The first-order valence-electron chi connectivity index (χ1n) is 12.9. The van der Waals surface area contributed by atoms with E-state index < -0.39 is 33.3 Å². The molecule has 1 fully saturated rings. The number of halogens is 1. The van der Waals surface area contributed by atoms with Gasteiger partial charge >= 0.3 is 0 Å². The Kier molecular flexibility index (Phi) is 10.0. The van der Waals surface area contributed by atoms with Crippen LogP contribution in [0.15, 0.2) is 36.4 Å². The number of ether oxygens (including phenoxy) is 1. The second kappa shape index (κ2) is 12.6. The van der Waals surface area contributed by atoms with Gasteiger partial charge in [-0.3, -0.25) is 9.10 Å². The molecule has 4 atom stereocenters. The van der Waals surface area contributed by atoms with Gasteiger partial charge in [0.2, 0.25) is 10.0 Å². The van der Waals surface area contributed by atoms with Crippen molar-refractivity contribution >= 4 is 39.2 Å². The molecule has 1 amide bonds. The van der Waals surface area contributed by atoms with E-state index in [-0.39, 0.29) is 23.0 Å². The molecule has 0 bridgehead atoms. The predicted molar refractivity (Wildman–Crippen MR) is 153 cm³/mol. The molecule has 0 saturated heterocycles. The molecule has 210 valence electrons. The van der Waals surface area contributed by atoms with E-state index in [1.54, 1.807) is 27.0 Å². The number of nitrogens with two attached hydrogens (primary N) is 1. The topological polar surface area (TPSA) is 118 Å². The fourth-order valence-electron chi connectivity index (χ4n) is 4.34. The third-order valence-corrected chi connectivity index (χ3v) is 9.61. The summed E-state index contributed by atoms with van der Waals surface area (Å²) in [6.45, 7) is 6.35. The molecule has 1 aromatic carbocycles. The molecule has 1 heterocycles. The lowest BCUT2D eigenvalue weighted by atomic mass is 9.99. The second-order valence-electron chi connectivity index (χ2n) is 10.5. The highest BCUT2D eigenvalue weighted by atomic mass is 35.5. The number of nitrogens with zero attached hydrogens (tertiary/aromatic N) is 3. The third kappa shape index (κ3) is 7.16. The van der Waals surface area contributed by atoms with E-state index in [0.29, 0.717) is 24.1 Å². The summed E-state index contributed by atoms with van der Waals surface area (Å²) >= 11 is 6.71. The minimum atomic E-state index is -3.74. The van der Waals surface area contributed by atoms with Gasteiger partial charge in [-0.25, -0.2) is 13.4 Å². The highest BCUT2D eigenvalue weighted by molar-refractivity contribution is 7.93. The van der Waals surface area contributed by atoms with Crippen molar-refractivity contribution in [1.29, 1.82) is 0 Å². The Morgan fingerprint density at radius 1 is 1.26 bits per heavy atom. The number of methoxy groups -OCH3 is 1. The molecule has 1 aliphatic carbocycles. The number of hydrogen-bond donors (Lipinski definition) is 2. The molecule has 1 aliphatic rings. The average Bonchev–Trinajstić information content (AvgIpc) is 3.57. The largest absolute Gasteiger partial charge is 0.383 e. The van der Waals surface area contributed by atoms with Crippen molar-refractivity contribution in [3.8, 4) is 0 Å². The zero-order valence-corrected chi connectivity index (χ0v) is 24.6. The highest BCUT2D eigenvalue weighted by Crippen LogP contribution is 2.39. The predicted octanol–water partition coefficient (Wildman–Crippen LogP) is 3.32. The lowest BCUT2D eigenvalue weighted by Crippen LogP contribution is -2.51. The van der Waals surface area contributed by atoms with Gasteiger partial charge < -0.3 is 20.7 Å². The van der Waals surface area contributed by atoms with Gasteiger partial charge in [-0.1, -0.05) is 48.9 Å². The number of rotatable bonds is 13. The summed E-state index contributed by atoms with van der Waals surface area (Å²) in [7, 11) is 1.11. The Hall–Kier alpha value is -2.40. The van der Waals surface area contributed by atoms with Gasteiger partial charge in [0.25, 0.3) is 5.91 Å². The van der Waals surface area contributed by atoms with Crippen molar-refractivity contribution in [2.45, 2.75) is 50.9 Å². The minimum absolute atomic E-state index is 0.0134. The quantitative estimate of drug-likeness (QED) is 0.382. The van der Waals surface area contributed by atoms with E-state index in [1.165, 1.54) is 7.05 Å². The number of carbonyl (C=O) groups excluding carboxylic acids is 1. The molecule has 11 heteroatoms. The number of carbonyl (C=O) groups is 1. The van der Waals surface area contributed by atoms with Crippen LogP contribution < -0.4 is 20.3 Å². The van der Waals surface area contributed by atoms with Crippen LogP contribution in [0.5, 0.6) is 0 Å². The Labute approximate surface area is 231 Å². The van der Waals surface area contributed by atoms with Crippen molar-refractivity contribution in [2.75, 3.05) is 43.6 Å². The maximum atomic E-state index is 13.7. The van der Waals surface area contributed by atoms with Crippen LogP contribution in [0.1, 0.15) is 43.1 Å². The van der Waals surface area contributed by atoms with Gasteiger partial charge in [0.15, 0.2) is 5.82 Å². The van der Waals surface area contributed by atoms with Gasteiger partial charge in [-0.2, -0.15) is 0 Å². The maximum Gasteiger partial charge on any atom is 0.253 e. The highest BCUT2D eigenvalue weighted by Gasteiger charge is 2.35.